The quantitative estimate of drug-likeness (QED) is 0.827. The minimum Gasteiger partial charge on any atom is -0.350 e. The lowest BCUT2D eigenvalue weighted by atomic mass is 9.94. The van der Waals surface area contributed by atoms with Crippen LogP contribution in [0.5, 0.6) is 0 Å². The highest BCUT2D eigenvalue weighted by Gasteiger charge is 2.26. The zero-order valence-corrected chi connectivity index (χ0v) is 12.3. The number of nitrogens with zero attached hydrogens (tertiary/aromatic N) is 1. The highest BCUT2D eigenvalue weighted by atomic mass is 16.1. The Morgan fingerprint density at radius 2 is 2.20 bits per heavy atom. The van der Waals surface area contributed by atoms with Crippen molar-refractivity contribution in [3.05, 3.63) is 29.6 Å². The number of rotatable bonds is 4. The zero-order valence-electron chi connectivity index (χ0n) is 12.3. The van der Waals surface area contributed by atoms with Crippen molar-refractivity contribution in [1.29, 1.82) is 0 Å². The lowest BCUT2D eigenvalue weighted by molar-refractivity contribution is -0.126. The summed E-state index contributed by atoms with van der Waals surface area (Å²) in [5, 5.41) is 3.02. The second kappa shape index (κ2) is 7.39. The van der Waals surface area contributed by atoms with Crippen LogP contribution in [0.25, 0.3) is 0 Å². The number of hydrogen-bond donors (Lipinski definition) is 2. The van der Waals surface area contributed by atoms with Gasteiger partial charge in [-0.05, 0) is 30.9 Å². The minimum absolute atomic E-state index is 0.00637. The highest BCUT2D eigenvalue weighted by molar-refractivity contribution is 5.79. The molecule has 20 heavy (non-hydrogen) atoms. The third-order valence-electron chi connectivity index (χ3n) is 4.20. The number of carbonyl (C=O) groups is 1. The molecule has 4 nitrogen and oxygen atoms in total. The maximum absolute atomic E-state index is 12.3. The van der Waals surface area contributed by atoms with E-state index in [1.807, 2.05) is 6.07 Å². The van der Waals surface area contributed by atoms with E-state index in [0.29, 0.717) is 6.54 Å². The van der Waals surface area contributed by atoms with Crippen LogP contribution in [0.15, 0.2) is 18.3 Å². The third-order valence-corrected chi connectivity index (χ3v) is 4.20. The number of aromatic nitrogens is 1. The van der Waals surface area contributed by atoms with E-state index < -0.39 is 0 Å². The molecule has 110 valence electrons. The lowest BCUT2D eigenvalue weighted by Gasteiger charge is -2.20. The van der Waals surface area contributed by atoms with Gasteiger partial charge in [0.2, 0.25) is 5.91 Å². The van der Waals surface area contributed by atoms with Gasteiger partial charge < -0.3 is 11.1 Å². The summed E-state index contributed by atoms with van der Waals surface area (Å²) in [6.45, 7) is 2.61. The smallest absolute Gasteiger partial charge is 0.224 e. The van der Waals surface area contributed by atoms with Gasteiger partial charge in [0.25, 0.3) is 0 Å². The molecule has 1 amide bonds. The largest absolute Gasteiger partial charge is 0.350 e. The van der Waals surface area contributed by atoms with E-state index in [9.17, 15) is 4.79 Å². The van der Waals surface area contributed by atoms with Crippen LogP contribution >= 0.6 is 0 Å². The Hall–Kier alpha value is -1.42. The van der Waals surface area contributed by atoms with Gasteiger partial charge in [0, 0.05) is 12.2 Å². The molecular formula is C16H25N3O. The first-order chi connectivity index (χ1) is 9.72. The minimum atomic E-state index is -0.0358. The van der Waals surface area contributed by atoms with Crippen LogP contribution in [0, 0.1) is 5.92 Å². The third kappa shape index (κ3) is 3.79. The fraction of sp³-hybridized carbons (Fsp3) is 0.625. The average Bonchev–Trinajstić information content (AvgIpc) is 2.69. The van der Waals surface area contributed by atoms with Crippen molar-refractivity contribution in [2.45, 2.75) is 58.0 Å². The first-order valence-corrected chi connectivity index (χ1v) is 7.68. The molecule has 2 rings (SSSR count). The fourth-order valence-corrected chi connectivity index (χ4v) is 2.92. The molecule has 1 saturated carbocycles. The van der Waals surface area contributed by atoms with Crippen molar-refractivity contribution in [3.8, 4) is 0 Å². The molecule has 1 aliphatic rings. The van der Waals surface area contributed by atoms with Gasteiger partial charge in [-0.2, -0.15) is 0 Å². The van der Waals surface area contributed by atoms with Gasteiger partial charge in [0.05, 0.1) is 18.2 Å². The van der Waals surface area contributed by atoms with Crippen LogP contribution in [0.1, 0.15) is 50.3 Å². The number of nitrogens with one attached hydrogen (secondary N) is 1. The van der Waals surface area contributed by atoms with Crippen LogP contribution in [-0.2, 0) is 17.8 Å². The standard InChI is InChI=1S/C16H25N3O/c1-2-12-7-6-10-18-15(12)11-19-16(20)13-8-4-3-5-9-14(13)17/h6-7,10,13-14H,2-5,8-9,11,17H2,1H3,(H,19,20). The first-order valence-electron chi connectivity index (χ1n) is 7.68. The maximum atomic E-state index is 12.3. The van der Waals surface area contributed by atoms with Crippen LogP contribution < -0.4 is 11.1 Å². The van der Waals surface area contributed by atoms with Crippen molar-refractivity contribution < 1.29 is 4.79 Å². The van der Waals surface area contributed by atoms with Gasteiger partial charge in [-0.15, -0.1) is 0 Å². The van der Waals surface area contributed by atoms with Crippen LogP contribution in [0.3, 0.4) is 0 Å². The van der Waals surface area contributed by atoms with E-state index in [4.69, 9.17) is 5.73 Å². The summed E-state index contributed by atoms with van der Waals surface area (Å²) < 4.78 is 0. The predicted molar refractivity (Wildman–Crippen MR) is 80.0 cm³/mol. The highest BCUT2D eigenvalue weighted by Crippen LogP contribution is 2.22. The molecule has 0 bridgehead atoms. The molecular weight excluding hydrogens is 250 g/mol. The molecule has 0 aliphatic heterocycles. The van der Waals surface area contributed by atoms with Crippen molar-refractivity contribution in [3.63, 3.8) is 0 Å². The summed E-state index contributed by atoms with van der Waals surface area (Å²) in [7, 11) is 0. The molecule has 1 aliphatic carbocycles. The van der Waals surface area contributed by atoms with Crippen molar-refractivity contribution in [2.24, 2.45) is 11.7 Å². The van der Waals surface area contributed by atoms with E-state index in [2.05, 4.69) is 23.3 Å². The molecule has 1 aromatic rings. The van der Waals surface area contributed by atoms with Crippen LogP contribution in [-0.4, -0.2) is 16.9 Å². The van der Waals surface area contributed by atoms with Crippen molar-refractivity contribution >= 4 is 5.91 Å². The van der Waals surface area contributed by atoms with Gasteiger partial charge in [-0.1, -0.05) is 32.3 Å². The predicted octanol–water partition coefficient (Wildman–Crippen LogP) is 2.17. The Balaban J connectivity index is 1.94. The van der Waals surface area contributed by atoms with Crippen molar-refractivity contribution in [1.82, 2.24) is 10.3 Å². The number of nitrogens with two attached hydrogens (primary N) is 1. The number of pyridine rings is 1. The molecule has 1 heterocycles. The van der Waals surface area contributed by atoms with Gasteiger partial charge in [0.1, 0.15) is 0 Å². The van der Waals surface area contributed by atoms with Gasteiger partial charge in [-0.25, -0.2) is 0 Å². The number of hydrogen-bond acceptors (Lipinski definition) is 3. The Morgan fingerprint density at radius 1 is 1.40 bits per heavy atom. The molecule has 0 radical (unpaired) electrons. The molecule has 2 unspecified atom stereocenters. The number of aryl methyl sites for hydroxylation is 1. The van der Waals surface area contributed by atoms with Crippen LogP contribution in [0.2, 0.25) is 0 Å². The summed E-state index contributed by atoms with van der Waals surface area (Å²) in [5.74, 6) is 0.0541. The van der Waals surface area contributed by atoms with E-state index in [-0.39, 0.29) is 17.9 Å². The Kier molecular flexibility index (Phi) is 5.53. The Labute approximate surface area is 121 Å². The Bertz CT molecular complexity index is 447. The fourth-order valence-electron chi connectivity index (χ4n) is 2.92. The number of amides is 1. The zero-order chi connectivity index (χ0) is 14.4. The van der Waals surface area contributed by atoms with Gasteiger partial charge in [-0.3, -0.25) is 9.78 Å². The summed E-state index contributed by atoms with van der Waals surface area (Å²) in [5.41, 5.74) is 8.28. The second-order valence-electron chi connectivity index (χ2n) is 5.59. The van der Waals surface area contributed by atoms with E-state index >= 15 is 0 Å². The SMILES string of the molecule is CCc1cccnc1CNC(=O)C1CCCCCC1N. The molecule has 2 atom stereocenters. The molecule has 1 fully saturated rings. The lowest BCUT2D eigenvalue weighted by Crippen LogP contribution is -2.41. The summed E-state index contributed by atoms with van der Waals surface area (Å²) in [4.78, 5) is 16.7. The average molecular weight is 275 g/mol. The maximum Gasteiger partial charge on any atom is 0.224 e. The summed E-state index contributed by atoms with van der Waals surface area (Å²) in [6.07, 6.45) is 8.02. The second-order valence-corrected chi connectivity index (χ2v) is 5.59. The van der Waals surface area contributed by atoms with Gasteiger partial charge in [0.15, 0.2) is 0 Å². The summed E-state index contributed by atoms with van der Waals surface area (Å²) in [6, 6.07) is 4.00. The van der Waals surface area contributed by atoms with Crippen molar-refractivity contribution in [2.75, 3.05) is 0 Å². The first kappa shape index (κ1) is 15.0. The van der Waals surface area contributed by atoms with Crippen LogP contribution in [0.4, 0.5) is 0 Å². The van der Waals surface area contributed by atoms with Gasteiger partial charge >= 0.3 is 0 Å². The normalized spacial score (nSPS) is 23.1. The number of carbonyl (C=O) groups excluding carboxylic acids is 1. The molecule has 0 spiro atoms. The molecule has 0 saturated heterocycles. The molecule has 3 N–H and O–H groups in total. The Morgan fingerprint density at radius 3 is 3.00 bits per heavy atom. The molecule has 0 aromatic carbocycles. The molecule has 4 heteroatoms. The summed E-state index contributed by atoms with van der Waals surface area (Å²) >= 11 is 0. The van der Waals surface area contributed by atoms with E-state index in [0.717, 1.165) is 37.8 Å². The molecule has 1 aromatic heterocycles. The van der Waals surface area contributed by atoms with E-state index in [1.165, 1.54) is 12.0 Å². The monoisotopic (exact) mass is 275 g/mol. The van der Waals surface area contributed by atoms with E-state index in [1.54, 1.807) is 6.20 Å². The topological polar surface area (TPSA) is 68.0 Å².